The lowest BCUT2D eigenvalue weighted by atomic mass is 10.2. The normalized spacial score (nSPS) is 10.8. The van der Waals surface area contributed by atoms with Gasteiger partial charge in [0.15, 0.2) is 0 Å². The molecule has 0 N–H and O–H groups in total. The lowest BCUT2D eigenvalue weighted by molar-refractivity contribution is -0.138. The highest BCUT2D eigenvalue weighted by Gasteiger charge is 2.10. The van der Waals surface area contributed by atoms with E-state index in [4.69, 9.17) is 10.3 Å². The third-order valence-corrected chi connectivity index (χ3v) is 3.45. The van der Waals surface area contributed by atoms with Crippen molar-refractivity contribution in [1.29, 1.82) is 0 Å². The van der Waals surface area contributed by atoms with Gasteiger partial charge in [-0.3, -0.25) is 0 Å². The van der Waals surface area contributed by atoms with Crippen LogP contribution in [0.15, 0.2) is 47.3 Å². The molecule has 2 aromatic rings. The molecule has 1 heterocycles. The van der Waals surface area contributed by atoms with Gasteiger partial charge in [-0.1, -0.05) is 35.4 Å². The Morgan fingerprint density at radius 1 is 1.48 bits per heavy atom. The maximum Gasteiger partial charge on any atom is 0.340 e. The molecule has 0 bridgehead atoms. The van der Waals surface area contributed by atoms with Crippen molar-refractivity contribution in [2.45, 2.75) is 6.92 Å². The summed E-state index contributed by atoms with van der Waals surface area (Å²) >= 11 is 1.40. The quantitative estimate of drug-likeness (QED) is 0.274. The first-order valence-corrected chi connectivity index (χ1v) is 7.01. The van der Waals surface area contributed by atoms with Gasteiger partial charge in [0.2, 0.25) is 0 Å². The first-order chi connectivity index (χ1) is 10.2. The van der Waals surface area contributed by atoms with Crippen molar-refractivity contribution in [2.24, 2.45) is 5.11 Å². The minimum Gasteiger partial charge on any atom is -0.462 e. The summed E-state index contributed by atoms with van der Waals surface area (Å²) in [6.45, 7) is 1.90. The number of azide groups is 1. The molecule has 0 aliphatic heterocycles. The zero-order valence-electron chi connectivity index (χ0n) is 11.3. The molecule has 106 valence electrons. The highest BCUT2D eigenvalue weighted by Crippen LogP contribution is 2.26. The van der Waals surface area contributed by atoms with Crippen molar-refractivity contribution < 1.29 is 9.53 Å². The predicted octanol–water partition coefficient (Wildman–Crippen LogP) is 4.02. The highest BCUT2D eigenvalue weighted by molar-refractivity contribution is 7.15. The topological polar surface area (TPSA) is 88.0 Å². The number of nitrogens with zero attached hydrogens (tertiary/aromatic N) is 4. The number of carbonyl (C=O) groups is 1. The van der Waals surface area contributed by atoms with Gasteiger partial charge in [-0.2, -0.15) is 0 Å². The molecule has 0 spiro atoms. The highest BCUT2D eigenvalue weighted by atomic mass is 32.1. The molecule has 6 nitrogen and oxygen atoms in total. The van der Waals surface area contributed by atoms with Crippen LogP contribution in [0.5, 0.6) is 0 Å². The number of ether oxygens (including phenoxy) is 1. The fourth-order valence-electron chi connectivity index (χ4n) is 1.58. The molecule has 0 amide bonds. The van der Waals surface area contributed by atoms with Gasteiger partial charge in [-0.05, 0) is 18.5 Å². The van der Waals surface area contributed by atoms with Crippen LogP contribution >= 0.6 is 11.3 Å². The van der Waals surface area contributed by atoms with Crippen molar-refractivity contribution in [3.8, 4) is 10.6 Å². The van der Waals surface area contributed by atoms with Crippen LogP contribution in [0, 0.1) is 0 Å². The molecule has 0 aliphatic carbocycles. The van der Waals surface area contributed by atoms with Crippen LogP contribution in [0.25, 0.3) is 27.1 Å². The Balaban J connectivity index is 2.29. The Morgan fingerprint density at radius 3 is 2.90 bits per heavy atom. The van der Waals surface area contributed by atoms with E-state index in [2.05, 4.69) is 15.0 Å². The second kappa shape index (κ2) is 7.23. The molecule has 0 saturated carbocycles. The molecule has 1 aromatic heterocycles. The Morgan fingerprint density at radius 2 is 2.24 bits per heavy atom. The monoisotopic (exact) mass is 300 g/mol. The lowest BCUT2D eigenvalue weighted by Gasteiger charge is -1.99. The fraction of sp³-hybridized carbons (Fsp3) is 0.143. The van der Waals surface area contributed by atoms with E-state index in [1.807, 2.05) is 30.3 Å². The van der Waals surface area contributed by atoms with Crippen LogP contribution < -0.4 is 0 Å². The van der Waals surface area contributed by atoms with E-state index in [1.165, 1.54) is 17.4 Å². The molecule has 0 atom stereocenters. The van der Waals surface area contributed by atoms with E-state index in [1.54, 1.807) is 13.1 Å². The van der Waals surface area contributed by atoms with Gasteiger partial charge in [-0.25, -0.2) is 9.78 Å². The Kier molecular flexibility index (Phi) is 5.09. The molecule has 1 aromatic carbocycles. The summed E-state index contributed by atoms with van der Waals surface area (Å²) in [6.07, 6.45) is 3.10. The van der Waals surface area contributed by atoms with Crippen molar-refractivity contribution in [1.82, 2.24) is 4.98 Å². The van der Waals surface area contributed by atoms with Crippen molar-refractivity contribution in [3.63, 3.8) is 0 Å². The maximum atomic E-state index is 11.6. The molecule has 7 heteroatoms. The standard InChI is InChI=1S/C14H12N4O2S/c1-2-20-14(19)12(17-18-15)8-11-9-16-13(21-11)10-6-4-3-5-7-10/h3-9H,2H2,1H3/b12-8-. The smallest absolute Gasteiger partial charge is 0.340 e. The van der Waals surface area contributed by atoms with Gasteiger partial charge in [0.25, 0.3) is 0 Å². The maximum absolute atomic E-state index is 11.6. The second-order valence-electron chi connectivity index (χ2n) is 3.87. The van der Waals surface area contributed by atoms with Gasteiger partial charge >= 0.3 is 5.97 Å². The SMILES string of the molecule is CCOC(=O)/C(=C/c1cnc(-c2ccccc2)s1)N=[N+]=[N-]. The predicted molar refractivity (Wildman–Crippen MR) is 81.3 cm³/mol. The molecule has 21 heavy (non-hydrogen) atoms. The van der Waals surface area contributed by atoms with Gasteiger partial charge in [0.1, 0.15) is 10.7 Å². The molecule has 0 aliphatic rings. The summed E-state index contributed by atoms with van der Waals surface area (Å²) < 4.78 is 4.83. The van der Waals surface area contributed by atoms with Crippen LogP contribution in [0.2, 0.25) is 0 Å². The van der Waals surface area contributed by atoms with Crippen molar-refractivity contribution in [2.75, 3.05) is 6.61 Å². The molecule has 0 radical (unpaired) electrons. The summed E-state index contributed by atoms with van der Waals surface area (Å²) in [7, 11) is 0. The third-order valence-electron chi connectivity index (χ3n) is 2.46. The molecule has 2 rings (SSSR count). The number of esters is 1. The van der Waals surface area contributed by atoms with Gasteiger partial charge < -0.3 is 4.74 Å². The van der Waals surface area contributed by atoms with Crippen LogP contribution in [0.4, 0.5) is 0 Å². The van der Waals surface area contributed by atoms with E-state index >= 15 is 0 Å². The van der Waals surface area contributed by atoms with Crippen LogP contribution in [-0.2, 0) is 9.53 Å². The number of rotatable bonds is 5. The van der Waals surface area contributed by atoms with E-state index in [0.717, 1.165) is 10.6 Å². The molecular formula is C14H12N4O2S. The van der Waals surface area contributed by atoms with E-state index in [-0.39, 0.29) is 12.3 Å². The second-order valence-corrected chi connectivity index (χ2v) is 4.94. The Labute approximate surface area is 125 Å². The average molecular weight is 300 g/mol. The number of hydrogen-bond acceptors (Lipinski definition) is 5. The van der Waals surface area contributed by atoms with Gasteiger partial charge in [0.05, 0.1) is 6.61 Å². The fourth-order valence-corrected chi connectivity index (χ4v) is 2.44. The minimum atomic E-state index is -0.648. The zero-order chi connectivity index (χ0) is 15.1. The van der Waals surface area contributed by atoms with E-state index < -0.39 is 5.97 Å². The summed E-state index contributed by atoms with van der Waals surface area (Å²) in [4.78, 5) is 19.3. The Hall–Kier alpha value is -2.63. The van der Waals surface area contributed by atoms with Crippen LogP contribution in [0.1, 0.15) is 11.8 Å². The molecular weight excluding hydrogens is 288 g/mol. The van der Waals surface area contributed by atoms with Crippen LogP contribution in [0.3, 0.4) is 0 Å². The summed E-state index contributed by atoms with van der Waals surface area (Å²) in [5.74, 6) is -0.648. The number of hydrogen-bond donors (Lipinski definition) is 0. The summed E-state index contributed by atoms with van der Waals surface area (Å²) in [5.41, 5.74) is 9.42. The van der Waals surface area contributed by atoms with E-state index in [0.29, 0.717) is 4.88 Å². The largest absolute Gasteiger partial charge is 0.462 e. The van der Waals surface area contributed by atoms with Gasteiger partial charge in [-0.15, -0.1) is 11.3 Å². The number of thiazole rings is 1. The lowest BCUT2D eigenvalue weighted by Crippen LogP contribution is -2.05. The van der Waals surface area contributed by atoms with Crippen LogP contribution in [-0.4, -0.2) is 17.6 Å². The third kappa shape index (κ3) is 3.92. The Bertz CT molecular complexity index is 703. The zero-order valence-corrected chi connectivity index (χ0v) is 12.1. The first kappa shape index (κ1) is 14.8. The average Bonchev–Trinajstić information content (AvgIpc) is 2.96. The minimum absolute atomic E-state index is 0.0809. The van der Waals surface area contributed by atoms with Crippen molar-refractivity contribution >= 4 is 23.4 Å². The number of benzene rings is 1. The van der Waals surface area contributed by atoms with Gasteiger partial charge in [0, 0.05) is 21.5 Å². The molecule has 0 unspecified atom stereocenters. The molecule has 0 saturated heterocycles. The summed E-state index contributed by atoms with van der Waals surface area (Å²) in [5, 5.41) is 4.19. The number of aromatic nitrogens is 1. The van der Waals surface area contributed by atoms with E-state index in [9.17, 15) is 4.79 Å². The number of carbonyl (C=O) groups excluding carboxylic acids is 1. The molecule has 0 fully saturated rings. The summed E-state index contributed by atoms with van der Waals surface area (Å²) in [6, 6.07) is 9.68. The first-order valence-electron chi connectivity index (χ1n) is 6.19. The van der Waals surface area contributed by atoms with Crippen molar-refractivity contribution in [3.05, 3.63) is 57.5 Å².